The van der Waals surface area contributed by atoms with Gasteiger partial charge in [0.15, 0.2) is 17.8 Å². The highest BCUT2D eigenvalue weighted by atomic mass is 32.2. The minimum Gasteiger partial charge on any atom is -0.493 e. The second-order valence-corrected chi connectivity index (χ2v) is 12.1. The first kappa shape index (κ1) is 27.4. The molecule has 2 fully saturated rings. The van der Waals surface area contributed by atoms with E-state index in [2.05, 4.69) is 15.2 Å². The van der Waals surface area contributed by atoms with E-state index in [0.717, 1.165) is 29.8 Å². The molecule has 2 aliphatic heterocycles. The molecule has 5 rings (SSSR count). The van der Waals surface area contributed by atoms with Gasteiger partial charge in [0.1, 0.15) is 0 Å². The van der Waals surface area contributed by atoms with Crippen LogP contribution in [0.5, 0.6) is 11.5 Å². The molecule has 0 amide bonds. The Hall–Kier alpha value is -3.18. The van der Waals surface area contributed by atoms with E-state index in [1.807, 2.05) is 62.5 Å². The molecule has 0 saturated carbocycles. The van der Waals surface area contributed by atoms with Crippen LogP contribution in [0.15, 0.2) is 71.9 Å². The summed E-state index contributed by atoms with van der Waals surface area (Å²) in [4.78, 5) is 6.66. The van der Waals surface area contributed by atoms with Crippen LogP contribution in [0, 0.1) is 0 Å². The standard InChI is InChI=1S/C29H36N4O5S/c1-21-18-32(19-22(2)31-21)39(34,35)26-11-8-24(9-12-26)33(20-23-6-4-14-30-17-23)25-10-13-27(36-3)28(16-25)38-29-7-5-15-37-29/h4,6,8-14,16-17,21-22,29,31H,5,7,15,18-20H2,1-3H3/t21-,22?,29?/m1/s1. The Labute approximate surface area is 230 Å². The molecule has 9 nitrogen and oxygen atoms in total. The van der Waals surface area contributed by atoms with Crippen molar-refractivity contribution in [3.8, 4) is 11.5 Å². The first-order chi connectivity index (χ1) is 18.8. The average Bonchev–Trinajstić information content (AvgIpc) is 3.45. The minimum absolute atomic E-state index is 0.0962. The van der Waals surface area contributed by atoms with Crippen molar-refractivity contribution < 1.29 is 22.6 Å². The summed E-state index contributed by atoms with van der Waals surface area (Å²) in [6.07, 6.45) is 5.05. The highest BCUT2D eigenvalue weighted by molar-refractivity contribution is 7.89. The predicted octanol–water partition coefficient (Wildman–Crippen LogP) is 4.31. The van der Waals surface area contributed by atoms with Gasteiger partial charge in [-0.2, -0.15) is 4.31 Å². The molecule has 3 heterocycles. The first-order valence-electron chi connectivity index (χ1n) is 13.3. The van der Waals surface area contributed by atoms with Gasteiger partial charge in [-0.05, 0) is 68.3 Å². The quantitative estimate of drug-likeness (QED) is 0.420. The van der Waals surface area contributed by atoms with Crippen LogP contribution < -0.4 is 19.7 Å². The highest BCUT2D eigenvalue weighted by Gasteiger charge is 2.31. The zero-order chi connectivity index (χ0) is 27.4. The molecule has 2 aliphatic rings. The lowest BCUT2D eigenvalue weighted by Crippen LogP contribution is -2.55. The van der Waals surface area contributed by atoms with Crippen molar-refractivity contribution >= 4 is 21.4 Å². The number of nitrogens with one attached hydrogen (secondary N) is 1. The van der Waals surface area contributed by atoms with E-state index >= 15 is 0 Å². The molecular formula is C29H36N4O5S. The summed E-state index contributed by atoms with van der Waals surface area (Å²) in [5.74, 6) is 1.22. The Kier molecular flexibility index (Phi) is 8.37. The number of rotatable bonds is 9. The van der Waals surface area contributed by atoms with Gasteiger partial charge in [0.2, 0.25) is 10.0 Å². The van der Waals surface area contributed by atoms with Crippen LogP contribution in [0.1, 0.15) is 32.3 Å². The number of benzene rings is 2. The van der Waals surface area contributed by atoms with Gasteiger partial charge in [-0.25, -0.2) is 8.42 Å². The third-order valence-corrected chi connectivity index (χ3v) is 8.82. The number of nitrogens with zero attached hydrogens (tertiary/aromatic N) is 3. The smallest absolute Gasteiger partial charge is 0.243 e. The molecule has 2 aromatic carbocycles. The number of pyridine rings is 1. The fourth-order valence-electron chi connectivity index (χ4n) is 5.13. The zero-order valence-corrected chi connectivity index (χ0v) is 23.4. The largest absolute Gasteiger partial charge is 0.493 e. The van der Waals surface area contributed by atoms with E-state index in [0.29, 0.717) is 37.7 Å². The lowest BCUT2D eigenvalue weighted by Gasteiger charge is -2.35. The van der Waals surface area contributed by atoms with Crippen molar-refractivity contribution in [3.63, 3.8) is 0 Å². The topological polar surface area (TPSA) is 93.2 Å². The molecule has 1 N–H and O–H groups in total. The highest BCUT2D eigenvalue weighted by Crippen LogP contribution is 2.37. The van der Waals surface area contributed by atoms with Crippen molar-refractivity contribution in [2.24, 2.45) is 0 Å². The number of methoxy groups -OCH3 is 1. The lowest BCUT2D eigenvalue weighted by molar-refractivity contribution is -0.0402. The Morgan fingerprint density at radius 1 is 1.05 bits per heavy atom. The SMILES string of the molecule is COc1ccc(N(Cc2cccnc2)c2ccc(S(=O)(=O)N3CC(C)N[C@H](C)C3)cc2)cc1OC1CCCO1. The van der Waals surface area contributed by atoms with Gasteiger partial charge in [0.25, 0.3) is 0 Å². The summed E-state index contributed by atoms with van der Waals surface area (Å²) in [5, 5.41) is 3.39. The van der Waals surface area contributed by atoms with Crippen molar-refractivity contribution in [2.75, 3.05) is 31.7 Å². The molecule has 208 valence electrons. The summed E-state index contributed by atoms with van der Waals surface area (Å²) in [6, 6.07) is 17.0. The van der Waals surface area contributed by atoms with Crippen LogP contribution in [0.25, 0.3) is 0 Å². The normalized spacial score (nSPS) is 22.0. The third-order valence-electron chi connectivity index (χ3n) is 6.98. The Morgan fingerprint density at radius 3 is 2.44 bits per heavy atom. The molecule has 2 saturated heterocycles. The van der Waals surface area contributed by atoms with Crippen molar-refractivity contribution in [1.29, 1.82) is 0 Å². The third kappa shape index (κ3) is 6.36. The first-order valence-corrected chi connectivity index (χ1v) is 14.8. The molecule has 3 aromatic rings. The molecule has 2 unspecified atom stereocenters. The molecule has 3 atom stereocenters. The summed E-state index contributed by atoms with van der Waals surface area (Å²) in [7, 11) is -1.99. The maximum atomic E-state index is 13.4. The molecular weight excluding hydrogens is 516 g/mol. The number of hydrogen-bond acceptors (Lipinski definition) is 8. The van der Waals surface area contributed by atoms with E-state index in [9.17, 15) is 8.42 Å². The summed E-state index contributed by atoms with van der Waals surface area (Å²) < 4.78 is 45.8. The Morgan fingerprint density at radius 2 is 1.79 bits per heavy atom. The van der Waals surface area contributed by atoms with E-state index in [1.54, 1.807) is 29.7 Å². The van der Waals surface area contributed by atoms with E-state index in [-0.39, 0.29) is 23.3 Å². The number of anilines is 2. The van der Waals surface area contributed by atoms with Crippen molar-refractivity contribution in [1.82, 2.24) is 14.6 Å². The molecule has 39 heavy (non-hydrogen) atoms. The monoisotopic (exact) mass is 552 g/mol. The Bertz CT molecular complexity index is 1340. The number of sulfonamides is 1. The van der Waals surface area contributed by atoms with Gasteiger partial charge in [0.05, 0.1) is 18.6 Å². The van der Waals surface area contributed by atoms with Gasteiger partial charge in [-0.3, -0.25) is 4.98 Å². The summed E-state index contributed by atoms with van der Waals surface area (Å²) in [5.41, 5.74) is 2.72. The second kappa shape index (κ2) is 11.9. The lowest BCUT2D eigenvalue weighted by atomic mass is 10.2. The van der Waals surface area contributed by atoms with Crippen molar-refractivity contribution in [3.05, 3.63) is 72.6 Å². The molecule has 0 radical (unpaired) electrons. The second-order valence-electron chi connectivity index (χ2n) is 10.1. The summed E-state index contributed by atoms with van der Waals surface area (Å²) in [6.45, 7) is 6.10. The van der Waals surface area contributed by atoms with Crippen LogP contribution in [0.4, 0.5) is 11.4 Å². The zero-order valence-electron chi connectivity index (χ0n) is 22.6. The van der Waals surface area contributed by atoms with Gasteiger partial charge in [-0.1, -0.05) is 6.07 Å². The van der Waals surface area contributed by atoms with E-state index in [1.165, 1.54) is 0 Å². The predicted molar refractivity (Wildman–Crippen MR) is 150 cm³/mol. The van der Waals surface area contributed by atoms with Crippen LogP contribution in [0.2, 0.25) is 0 Å². The number of hydrogen-bond donors (Lipinski definition) is 1. The van der Waals surface area contributed by atoms with Crippen LogP contribution >= 0.6 is 0 Å². The fraction of sp³-hybridized carbons (Fsp3) is 0.414. The number of ether oxygens (including phenoxy) is 3. The fourth-order valence-corrected chi connectivity index (χ4v) is 6.75. The Balaban J connectivity index is 1.47. The van der Waals surface area contributed by atoms with E-state index < -0.39 is 10.0 Å². The number of piperazine rings is 1. The van der Waals surface area contributed by atoms with Crippen LogP contribution in [0.3, 0.4) is 0 Å². The van der Waals surface area contributed by atoms with Gasteiger partial charge >= 0.3 is 0 Å². The summed E-state index contributed by atoms with van der Waals surface area (Å²) >= 11 is 0. The molecule has 0 aliphatic carbocycles. The van der Waals surface area contributed by atoms with Crippen molar-refractivity contribution in [2.45, 2.75) is 56.5 Å². The van der Waals surface area contributed by atoms with Gasteiger partial charge < -0.3 is 24.4 Å². The maximum absolute atomic E-state index is 13.4. The van der Waals surface area contributed by atoms with Crippen LogP contribution in [-0.4, -0.2) is 62.9 Å². The van der Waals surface area contributed by atoms with E-state index in [4.69, 9.17) is 14.2 Å². The van der Waals surface area contributed by atoms with Crippen LogP contribution in [-0.2, 0) is 21.3 Å². The average molecular weight is 553 g/mol. The molecule has 0 bridgehead atoms. The number of aromatic nitrogens is 1. The molecule has 0 spiro atoms. The molecule has 10 heteroatoms. The van der Waals surface area contributed by atoms with Gasteiger partial charge in [0, 0.05) is 68.0 Å². The minimum atomic E-state index is -3.61. The maximum Gasteiger partial charge on any atom is 0.243 e. The molecule has 1 aromatic heterocycles. The van der Waals surface area contributed by atoms with Gasteiger partial charge in [-0.15, -0.1) is 0 Å².